The van der Waals surface area contributed by atoms with E-state index in [4.69, 9.17) is 25.8 Å². The van der Waals surface area contributed by atoms with Gasteiger partial charge in [-0.15, -0.1) is 0 Å². The summed E-state index contributed by atoms with van der Waals surface area (Å²) >= 11 is 0. The average molecular weight is 374 g/mol. The van der Waals surface area contributed by atoms with Crippen LogP contribution in [0.1, 0.15) is 5.56 Å². The maximum absolute atomic E-state index is 7.50. The van der Waals surface area contributed by atoms with E-state index in [-0.39, 0.29) is 0 Å². The fraction of sp³-hybridized carbons (Fsp3) is 0.190. The molecule has 1 aliphatic rings. The molecule has 0 aliphatic carbocycles. The zero-order valence-electron chi connectivity index (χ0n) is 15.4. The van der Waals surface area contributed by atoms with Gasteiger partial charge in [0.05, 0.1) is 18.9 Å². The summed E-state index contributed by atoms with van der Waals surface area (Å²) in [6.07, 6.45) is 1.25. The van der Waals surface area contributed by atoms with E-state index in [9.17, 15) is 0 Å². The highest BCUT2D eigenvalue weighted by Crippen LogP contribution is 2.26. The first kappa shape index (κ1) is 17.9. The largest absolute Gasteiger partial charge is 0.398 e. The minimum atomic E-state index is 0.571. The Morgan fingerprint density at radius 1 is 1.04 bits per heavy atom. The number of anilines is 4. The van der Waals surface area contributed by atoms with Gasteiger partial charge in [0, 0.05) is 47.9 Å². The maximum Gasteiger partial charge on any atom is 0.228 e. The summed E-state index contributed by atoms with van der Waals surface area (Å²) in [6.45, 7) is 2.86. The summed E-state index contributed by atoms with van der Waals surface area (Å²) < 4.78 is 5.45. The number of hydrogen-bond donors (Lipinski definition) is 3. The molecule has 1 fully saturated rings. The van der Waals surface area contributed by atoms with Crippen LogP contribution in [-0.2, 0) is 4.74 Å². The Morgan fingerprint density at radius 3 is 2.57 bits per heavy atom. The molecule has 1 aromatic heterocycles. The van der Waals surface area contributed by atoms with Crippen molar-refractivity contribution in [2.75, 3.05) is 42.3 Å². The minimum Gasteiger partial charge on any atom is -0.398 e. The number of morpholine rings is 1. The van der Waals surface area contributed by atoms with Crippen molar-refractivity contribution in [2.45, 2.75) is 0 Å². The van der Waals surface area contributed by atoms with E-state index in [0.29, 0.717) is 36.2 Å². The van der Waals surface area contributed by atoms with Crippen molar-refractivity contribution < 1.29 is 4.74 Å². The Bertz CT molecular complexity index is 970. The van der Waals surface area contributed by atoms with Crippen LogP contribution in [0, 0.1) is 5.41 Å². The standard InChI is InChI=1S/C21H22N6O/c22-14-16-12-17(6-7-18(16)23)24-20-13-19(15-4-2-1-3-5-15)25-21(26-20)27-8-10-28-11-9-27/h1-7,12-14,22H,8-11,23H2,(H,24,25,26). The zero-order chi connectivity index (χ0) is 19.3. The molecule has 142 valence electrons. The lowest BCUT2D eigenvalue weighted by Crippen LogP contribution is -2.37. The SMILES string of the molecule is N=Cc1cc(Nc2cc(-c3ccccc3)nc(N3CCOCC3)n2)ccc1N. The van der Waals surface area contributed by atoms with Crippen molar-refractivity contribution in [3.8, 4) is 11.3 Å². The molecular formula is C21H22N6O. The van der Waals surface area contributed by atoms with Gasteiger partial charge in [-0.1, -0.05) is 30.3 Å². The average Bonchev–Trinajstić information content (AvgIpc) is 2.76. The first-order valence-corrected chi connectivity index (χ1v) is 9.17. The van der Waals surface area contributed by atoms with Crippen molar-refractivity contribution in [3.63, 3.8) is 0 Å². The Balaban J connectivity index is 1.72. The zero-order valence-corrected chi connectivity index (χ0v) is 15.4. The summed E-state index contributed by atoms with van der Waals surface area (Å²) in [7, 11) is 0. The monoisotopic (exact) mass is 374 g/mol. The van der Waals surface area contributed by atoms with E-state index >= 15 is 0 Å². The molecule has 7 nitrogen and oxygen atoms in total. The molecule has 0 spiro atoms. The normalized spacial score (nSPS) is 13.9. The van der Waals surface area contributed by atoms with E-state index in [1.165, 1.54) is 6.21 Å². The molecule has 4 N–H and O–H groups in total. The van der Waals surface area contributed by atoms with Gasteiger partial charge in [-0.05, 0) is 18.2 Å². The van der Waals surface area contributed by atoms with Crippen LogP contribution >= 0.6 is 0 Å². The number of hydrogen-bond acceptors (Lipinski definition) is 7. The van der Waals surface area contributed by atoms with Crippen LogP contribution in [-0.4, -0.2) is 42.5 Å². The quantitative estimate of drug-likeness (QED) is 0.468. The fourth-order valence-corrected chi connectivity index (χ4v) is 3.09. The second-order valence-corrected chi connectivity index (χ2v) is 6.52. The van der Waals surface area contributed by atoms with Gasteiger partial charge in [-0.3, -0.25) is 0 Å². The van der Waals surface area contributed by atoms with Gasteiger partial charge in [-0.25, -0.2) is 4.98 Å². The van der Waals surface area contributed by atoms with Crippen LogP contribution in [0.3, 0.4) is 0 Å². The summed E-state index contributed by atoms with van der Waals surface area (Å²) in [5.74, 6) is 1.37. The maximum atomic E-state index is 7.50. The van der Waals surface area contributed by atoms with E-state index < -0.39 is 0 Å². The van der Waals surface area contributed by atoms with Crippen molar-refractivity contribution >= 4 is 29.4 Å². The van der Waals surface area contributed by atoms with Gasteiger partial charge in [0.1, 0.15) is 5.82 Å². The highest BCUT2D eigenvalue weighted by atomic mass is 16.5. The number of ether oxygens (including phenoxy) is 1. The van der Waals surface area contributed by atoms with Crippen LogP contribution in [0.5, 0.6) is 0 Å². The summed E-state index contributed by atoms with van der Waals surface area (Å²) in [6, 6.07) is 17.5. The number of nitrogen functional groups attached to an aromatic ring is 1. The molecule has 28 heavy (non-hydrogen) atoms. The third kappa shape index (κ3) is 3.94. The molecule has 0 unspecified atom stereocenters. The van der Waals surface area contributed by atoms with Crippen molar-refractivity contribution in [1.29, 1.82) is 5.41 Å². The van der Waals surface area contributed by atoms with Crippen LogP contribution in [0.4, 0.5) is 23.1 Å². The predicted octanol–water partition coefficient (Wildman–Crippen LogP) is 3.30. The predicted molar refractivity (Wildman–Crippen MR) is 113 cm³/mol. The Kier molecular flexibility index (Phi) is 5.16. The molecule has 0 atom stereocenters. The molecule has 7 heteroatoms. The second kappa shape index (κ2) is 8.06. The van der Waals surface area contributed by atoms with Gasteiger partial charge in [-0.2, -0.15) is 4.98 Å². The van der Waals surface area contributed by atoms with Crippen molar-refractivity contribution in [3.05, 3.63) is 60.2 Å². The van der Waals surface area contributed by atoms with E-state index in [1.54, 1.807) is 6.07 Å². The first-order chi connectivity index (χ1) is 13.7. The van der Waals surface area contributed by atoms with Gasteiger partial charge < -0.3 is 26.1 Å². The number of nitrogens with one attached hydrogen (secondary N) is 2. The van der Waals surface area contributed by atoms with E-state index in [0.717, 1.165) is 30.0 Å². The highest BCUT2D eigenvalue weighted by molar-refractivity contribution is 5.87. The summed E-state index contributed by atoms with van der Waals surface area (Å²) in [5, 5.41) is 10.8. The number of aromatic nitrogens is 2. The lowest BCUT2D eigenvalue weighted by atomic mass is 10.1. The topological polar surface area (TPSA) is 100 Å². The molecule has 1 saturated heterocycles. The number of nitrogens with zero attached hydrogens (tertiary/aromatic N) is 3. The lowest BCUT2D eigenvalue weighted by molar-refractivity contribution is 0.122. The van der Waals surface area contributed by atoms with Crippen molar-refractivity contribution in [2.24, 2.45) is 0 Å². The molecule has 0 bridgehead atoms. The van der Waals surface area contributed by atoms with Crippen molar-refractivity contribution in [1.82, 2.24) is 9.97 Å². The van der Waals surface area contributed by atoms with Crippen LogP contribution in [0.25, 0.3) is 11.3 Å². The molecule has 2 heterocycles. The van der Waals surface area contributed by atoms with Gasteiger partial charge >= 0.3 is 0 Å². The Morgan fingerprint density at radius 2 is 1.82 bits per heavy atom. The van der Waals surface area contributed by atoms with Gasteiger partial charge in [0.15, 0.2) is 0 Å². The fourth-order valence-electron chi connectivity index (χ4n) is 3.09. The molecular weight excluding hydrogens is 352 g/mol. The van der Waals surface area contributed by atoms with Gasteiger partial charge in [0.2, 0.25) is 5.95 Å². The van der Waals surface area contributed by atoms with Crippen LogP contribution in [0.15, 0.2) is 54.6 Å². The lowest BCUT2D eigenvalue weighted by Gasteiger charge is -2.27. The number of rotatable bonds is 5. The minimum absolute atomic E-state index is 0.571. The van der Waals surface area contributed by atoms with Gasteiger partial charge in [0.25, 0.3) is 0 Å². The second-order valence-electron chi connectivity index (χ2n) is 6.52. The molecule has 0 amide bonds. The van der Waals surface area contributed by atoms with E-state index in [1.807, 2.05) is 48.5 Å². The third-order valence-corrected chi connectivity index (χ3v) is 4.59. The van der Waals surface area contributed by atoms with E-state index in [2.05, 4.69) is 10.2 Å². The Hall–Kier alpha value is -3.45. The Labute approximate surface area is 163 Å². The third-order valence-electron chi connectivity index (χ3n) is 4.59. The molecule has 0 radical (unpaired) electrons. The van der Waals surface area contributed by atoms with Crippen LogP contribution < -0.4 is 16.0 Å². The number of nitrogens with two attached hydrogens (primary N) is 1. The molecule has 2 aromatic carbocycles. The molecule has 0 saturated carbocycles. The molecule has 4 rings (SSSR count). The number of benzene rings is 2. The molecule has 1 aliphatic heterocycles. The first-order valence-electron chi connectivity index (χ1n) is 9.17. The summed E-state index contributed by atoms with van der Waals surface area (Å²) in [5.41, 5.74) is 9.82. The smallest absolute Gasteiger partial charge is 0.228 e. The highest BCUT2D eigenvalue weighted by Gasteiger charge is 2.16. The van der Waals surface area contributed by atoms with Crippen LogP contribution in [0.2, 0.25) is 0 Å². The molecule has 3 aromatic rings. The summed E-state index contributed by atoms with van der Waals surface area (Å²) in [4.78, 5) is 11.6.